The Balaban J connectivity index is 2.37. The Labute approximate surface area is 108 Å². The zero-order valence-corrected chi connectivity index (χ0v) is 11.2. The number of aromatic nitrogens is 3. The van der Waals surface area contributed by atoms with Crippen LogP contribution in [0.5, 0.6) is 0 Å². The van der Waals surface area contributed by atoms with Crippen LogP contribution in [0.15, 0.2) is 30.5 Å². The van der Waals surface area contributed by atoms with Crippen LogP contribution in [0, 0.1) is 6.92 Å². The standard InChI is InChI=1S/C14H20N4/c1-4-9-15-14(13-10-16-17-18(13)3)12-8-6-5-7-11(12)2/h5-8,10,14-15H,4,9H2,1-3H3. The van der Waals surface area contributed by atoms with Gasteiger partial charge in [-0.25, -0.2) is 0 Å². The topological polar surface area (TPSA) is 42.7 Å². The van der Waals surface area contributed by atoms with Crippen molar-refractivity contribution < 1.29 is 0 Å². The Morgan fingerprint density at radius 1 is 1.33 bits per heavy atom. The van der Waals surface area contributed by atoms with Gasteiger partial charge >= 0.3 is 0 Å². The van der Waals surface area contributed by atoms with E-state index in [1.165, 1.54) is 11.1 Å². The molecule has 4 heteroatoms. The molecule has 96 valence electrons. The average molecular weight is 244 g/mol. The summed E-state index contributed by atoms with van der Waals surface area (Å²) in [4.78, 5) is 0. The van der Waals surface area contributed by atoms with Gasteiger partial charge in [-0.05, 0) is 31.0 Å². The highest BCUT2D eigenvalue weighted by atomic mass is 15.4. The lowest BCUT2D eigenvalue weighted by atomic mass is 9.99. The van der Waals surface area contributed by atoms with Gasteiger partial charge in [0.25, 0.3) is 0 Å². The molecule has 0 fully saturated rings. The molecule has 18 heavy (non-hydrogen) atoms. The largest absolute Gasteiger partial charge is 0.305 e. The smallest absolute Gasteiger partial charge is 0.0798 e. The molecule has 1 aromatic carbocycles. The van der Waals surface area contributed by atoms with Gasteiger partial charge in [0, 0.05) is 7.05 Å². The fourth-order valence-electron chi connectivity index (χ4n) is 2.13. The molecular weight excluding hydrogens is 224 g/mol. The van der Waals surface area contributed by atoms with Crippen LogP contribution in [0.3, 0.4) is 0 Å². The van der Waals surface area contributed by atoms with Crippen molar-refractivity contribution in [3.63, 3.8) is 0 Å². The van der Waals surface area contributed by atoms with Gasteiger partial charge in [0.15, 0.2) is 0 Å². The highest BCUT2D eigenvalue weighted by Gasteiger charge is 2.18. The molecule has 0 aliphatic rings. The number of nitrogens with zero attached hydrogens (tertiary/aromatic N) is 3. The number of nitrogens with one attached hydrogen (secondary N) is 1. The lowest BCUT2D eigenvalue weighted by Crippen LogP contribution is -2.25. The van der Waals surface area contributed by atoms with Gasteiger partial charge in [0.05, 0.1) is 17.9 Å². The van der Waals surface area contributed by atoms with Gasteiger partial charge in [-0.1, -0.05) is 36.4 Å². The maximum atomic E-state index is 4.03. The maximum absolute atomic E-state index is 4.03. The normalized spacial score (nSPS) is 12.6. The number of aryl methyl sites for hydroxylation is 2. The second-order valence-corrected chi connectivity index (χ2v) is 4.53. The van der Waals surface area contributed by atoms with Crippen molar-refractivity contribution in [2.75, 3.05) is 6.54 Å². The van der Waals surface area contributed by atoms with E-state index < -0.39 is 0 Å². The molecule has 1 aromatic heterocycles. The fraction of sp³-hybridized carbons (Fsp3) is 0.429. The van der Waals surface area contributed by atoms with E-state index >= 15 is 0 Å². The summed E-state index contributed by atoms with van der Waals surface area (Å²) >= 11 is 0. The van der Waals surface area contributed by atoms with Crippen LogP contribution in [0.4, 0.5) is 0 Å². The van der Waals surface area contributed by atoms with Crippen LogP contribution >= 0.6 is 0 Å². The van der Waals surface area contributed by atoms with Gasteiger partial charge in [-0.3, -0.25) is 4.68 Å². The van der Waals surface area contributed by atoms with E-state index in [9.17, 15) is 0 Å². The van der Waals surface area contributed by atoms with E-state index in [0.29, 0.717) is 0 Å². The molecule has 0 radical (unpaired) electrons. The summed E-state index contributed by atoms with van der Waals surface area (Å²) in [5.74, 6) is 0. The first kappa shape index (κ1) is 12.8. The third kappa shape index (κ3) is 2.59. The summed E-state index contributed by atoms with van der Waals surface area (Å²) in [6, 6.07) is 8.60. The van der Waals surface area contributed by atoms with E-state index in [0.717, 1.165) is 18.7 Å². The minimum absolute atomic E-state index is 0.158. The van der Waals surface area contributed by atoms with Crippen molar-refractivity contribution >= 4 is 0 Å². The average Bonchev–Trinajstić information content (AvgIpc) is 2.78. The molecule has 1 atom stereocenters. The second-order valence-electron chi connectivity index (χ2n) is 4.53. The molecule has 0 aliphatic carbocycles. The summed E-state index contributed by atoms with van der Waals surface area (Å²) in [5.41, 5.74) is 3.67. The Morgan fingerprint density at radius 2 is 2.11 bits per heavy atom. The van der Waals surface area contributed by atoms with Crippen LogP contribution in [0.25, 0.3) is 0 Å². The third-order valence-corrected chi connectivity index (χ3v) is 3.14. The molecule has 2 aromatic rings. The first-order chi connectivity index (χ1) is 8.74. The SMILES string of the molecule is CCCNC(c1ccccc1C)c1cnnn1C. The van der Waals surface area contributed by atoms with Crippen molar-refractivity contribution in [2.24, 2.45) is 7.05 Å². The quantitative estimate of drug-likeness (QED) is 0.877. The summed E-state index contributed by atoms with van der Waals surface area (Å²) in [6.45, 7) is 5.29. The number of hydrogen-bond acceptors (Lipinski definition) is 3. The van der Waals surface area contributed by atoms with Crippen LogP contribution < -0.4 is 5.32 Å². The third-order valence-electron chi connectivity index (χ3n) is 3.14. The minimum atomic E-state index is 0.158. The van der Waals surface area contributed by atoms with Gasteiger partial charge in [0.1, 0.15) is 0 Å². The second kappa shape index (κ2) is 5.78. The molecule has 1 N–H and O–H groups in total. The number of benzene rings is 1. The van der Waals surface area contributed by atoms with Crippen molar-refractivity contribution in [2.45, 2.75) is 26.3 Å². The molecule has 0 amide bonds. The minimum Gasteiger partial charge on any atom is -0.305 e. The highest BCUT2D eigenvalue weighted by molar-refractivity contribution is 5.33. The van der Waals surface area contributed by atoms with Crippen molar-refractivity contribution in [1.82, 2.24) is 20.3 Å². The van der Waals surface area contributed by atoms with Crippen LogP contribution in [-0.2, 0) is 7.05 Å². The maximum Gasteiger partial charge on any atom is 0.0798 e. The summed E-state index contributed by atoms with van der Waals surface area (Å²) in [6.07, 6.45) is 2.94. The summed E-state index contributed by atoms with van der Waals surface area (Å²) in [5, 5.41) is 11.6. The van der Waals surface area contributed by atoms with Crippen LogP contribution in [0.1, 0.15) is 36.2 Å². The fourth-order valence-corrected chi connectivity index (χ4v) is 2.13. The number of hydrogen-bond donors (Lipinski definition) is 1. The van der Waals surface area contributed by atoms with E-state index in [2.05, 4.69) is 53.7 Å². The Kier molecular flexibility index (Phi) is 4.10. The molecule has 2 rings (SSSR count). The molecule has 0 saturated carbocycles. The molecule has 0 saturated heterocycles. The molecule has 0 spiro atoms. The molecule has 4 nitrogen and oxygen atoms in total. The molecule has 0 bridgehead atoms. The lowest BCUT2D eigenvalue weighted by molar-refractivity contribution is 0.549. The zero-order valence-electron chi connectivity index (χ0n) is 11.2. The van der Waals surface area contributed by atoms with Crippen molar-refractivity contribution in [1.29, 1.82) is 0 Å². The van der Waals surface area contributed by atoms with E-state index in [-0.39, 0.29) is 6.04 Å². The van der Waals surface area contributed by atoms with E-state index in [4.69, 9.17) is 0 Å². The van der Waals surface area contributed by atoms with Gasteiger partial charge in [0.2, 0.25) is 0 Å². The Morgan fingerprint density at radius 3 is 2.72 bits per heavy atom. The van der Waals surface area contributed by atoms with E-state index in [1.54, 1.807) is 0 Å². The van der Waals surface area contributed by atoms with Crippen molar-refractivity contribution in [3.8, 4) is 0 Å². The first-order valence-corrected chi connectivity index (χ1v) is 6.37. The predicted octanol–water partition coefficient (Wildman–Crippen LogP) is 2.21. The first-order valence-electron chi connectivity index (χ1n) is 6.37. The van der Waals surface area contributed by atoms with E-state index in [1.807, 2.05) is 17.9 Å². The lowest BCUT2D eigenvalue weighted by Gasteiger charge is -2.20. The monoisotopic (exact) mass is 244 g/mol. The molecule has 0 aliphatic heterocycles. The van der Waals surface area contributed by atoms with Crippen molar-refractivity contribution in [3.05, 3.63) is 47.3 Å². The van der Waals surface area contributed by atoms with Gasteiger partial charge in [-0.2, -0.15) is 0 Å². The van der Waals surface area contributed by atoms with Gasteiger partial charge < -0.3 is 5.32 Å². The Hall–Kier alpha value is -1.68. The Bertz CT molecular complexity index is 504. The zero-order chi connectivity index (χ0) is 13.0. The van der Waals surface area contributed by atoms with Crippen LogP contribution in [0.2, 0.25) is 0 Å². The van der Waals surface area contributed by atoms with Gasteiger partial charge in [-0.15, -0.1) is 5.10 Å². The predicted molar refractivity (Wildman–Crippen MR) is 72.3 cm³/mol. The molecular formula is C14H20N4. The molecule has 1 unspecified atom stereocenters. The summed E-state index contributed by atoms with van der Waals surface area (Å²) in [7, 11) is 1.93. The summed E-state index contributed by atoms with van der Waals surface area (Å²) < 4.78 is 1.83. The van der Waals surface area contributed by atoms with Crippen LogP contribution in [-0.4, -0.2) is 21.5 Å². The number of rotatable bonds is 5. The highest BCUT2D eigenvalue weighted by Crippen LogP contribution is 2.23. The molecule has 1 heterocycles.